The van der Waals surface area contributed by atoms with Crippen LogP contribution in [0.4, 0.5) is 5.69 Å². The maximum atomic E-state index is 12.2. The Labute approximate surface area is 198 Å². The zero-order valence-corrected chi connectivity index (χ0v) is 19.6. The standard InChI is InChI=1S/C25H25N3O5S/c1-18-8-13-23(16-19(18)2)33-17-24(29)26-27-25(30)21-9-11-22(12-10-21)28-34(31,32)15-14-20-6-4-3-5-7-20/h3-16,28H,17H2,1-2H3,(H,26,29)(H,27,30)/b15-14+. The number of amides is 2. The molecule has 0 aromatic heterocycles. The number of sulfonamides is 1. The van der Waals surface area contributed by atoms with Crippen LogP contribution in [0.5, 0.6) is 5.75 Å². The Kier molecular flexibility index (Phi) is 8.05. The molecule has 3 N–H and O–H groups in total. The average Bonchev–Trinajstić information content (AvgIpc) is 2.83. The van der Waals surface area contributed by atoms with Crippen LogP contribution in [0.1, 0.15) is 27.0 Å². The molecule has 3 aromatic rings. The molecule has 0 fully saturated rings. The summed E-state index contributed by atoms with van der Waals surface area (Å²) in [5, 5.41) is 1.07. The highest BCUT2D eigenvalue weighted by molar-refractivity contribution is 7.95. The number of aryl methyl sites for hydroxylation is 2. The fraction of sp³-hybridized carbons (Fsp3) is 0.120. The lowest BCUT2D eigenvalue weighted by Crippen LogP contribution is -2.43. The number of hydrogen-bond donors (Lipinski definition) is 3. The molecule has 0 aliphatic rings. The predicted molar refractivity (Wildman–Crippen MR) is 131 cm³/mol. The van der Waals surface area contributed by atoms with E-state index in [1.54, 1.807) is 18.2 Å². The third-order valence-corrected chi connectivity index (χ3v) is 5.82. The van der Waals surface area contributed by atoms with Gasteiger partial charge in [-0.2, -0.15) is 0 Å². The van der Waals surface area contributed by atoms with E-state index in [1.807, 2.05) is 44.2 Å². The number of hydrazine groups is 1. The van der Waals surface area contributed by atoms with Crippen LogP contribution < -0.4 is 20.3 Å². The van der Waals surface area contributed by atoms with Gasteiger partial charge < -0.3 is 4.74 Å². The molecule has 0 aliphatic carbocycles. The van der Waals surface area contributed by atoms with Crippen molar-refractivity contribution in [1.82, 2.24) is 10.9 Å². The number of rotatable bonds is 8. The molecule has 8 nitrogen and oxygen atoms in total. The molecule has 3 aromatic carbocycles. The molecule has 0 saturated carbocycles. The van der Waals surface area contributed by atoms with Crippen LogP contribution in [-0.4, -0.2) is 26.8 Å². The van der Waals surface area contributed by atoms with E-state index in [9.17, 15) is 18.0 Å². The fourth-order valence-electron chi connectivity index (χ4n) is 2.81. The van der Waals surface area contributed by atoms with Gasteiger partial charge >= 0.3 is 0 Å². The normalized spacial score (nSPS) is 11.1. The summed E-state index contributed by atoms with van der Waals surface area (Å²) >= 11 is 0. The molecule has 0 bridgehead atoms. The van der Waals surface area contributed by atoms with Crippen LogP contribution in [0, 0.1) is 13.8 Å². The van der Waals surface area contributed by atoms with Gasteiger partial charge in [0.15, 0.2) is 6.61 Å². The molecule has 0 saturated heterocycles. The maximum Gasteiger partial charge on any atom is 0.276 e. The Morgan fingerprint density at radius 1 is 0.882 bits per heavy atom. The molecule has 9 heteroatoms. The first kappa shape index (κ1) is 24.5. The van der Waals surface area contributed by atoms with Gasteiger partial charge in [0.05, 0.1) is 5.41 Å². The van der Waals surface area contributed by atoms with Crippen LogP contribution in [0.25, 0.3) is 6.08 Å². The van der Waals surface area contributed by atoms with E-state index in [-0.39, 0.29) is 12.2 Å². The molecular weight excluding hydrogens is 454 g/mol. The highest BCUT2D eigenvalue weighted by Gasteiger charge is 2.10. The van der Waals surface area contributed by atoms with E-state index < -0.39 is 21.8 Å². The molecule has 0 unspecified atom stereocenters. The topological polar surface area (TPSA) is 114 Å². The van der Waals surface area contributed by atoms with E-state index in [4.69, 9.17) is 4.74 Å². The summed E-state index contributed by atoms with van der Waals surface area (Å²) in [5.41, 5.74) is 8.01. The Morgan fingerprint density at radius 2 is 1.59 bits per heavy atom. The number of benzene rings is 3. The minimum atomic E-state index is -3.72. The molecule has 0 atom stereocenters. The summed E-state index contributed by atoms with van der Waals surface area (Å²) in [6, 6.07) is 20.3. The van der Waals surface area contributed by atoms with Gasteiger partial charge in [-0.1, -0.05) is 36.4 Å². The van der Waals surface area contributed by atoms with Crippen molar-refractivity contribution in [2.24, 2.45) is 0 Å². The zero-order valence-electron chi connectivity index (χ0n) is 18.7. The van der Waals surface area contributed by atoms with Crippen LogP contribution >= 0.6 is 0 Å². The quantitative estimate of drug-likeness (QED) is 0.428. The molecule has 3 rings (SSSR count). The number of carbonyl (C=O) groups excluding carboxylic acids is 2. The first-order chi connectivity index (χ1) is 16.2. The Hall–Kier alpha value is -4.11. The third-order valence-electron chi connectivity index (χ3n) is 4.81. The second kappa shape index (κ2) is 11.2. The summed E-state index contributed by atoms with van der Waals surface area (Å²) < 4.78 is 32.3. The molecule has 2 amide bonds. The highest BCUT2D eigenvalue weighted by Crippen LogP contribution is 2.16. The van der Waals surface area contributed by atoms with Crippen molar-refractivity contribution in [3.63, 3.8) is 0 Å². The first-order valence-electron chi connectivity index (χ1n) is 10.4. The summed E-state index contributed by atoms with van der Waals surface area (Å²) in [6.07, 6.45) is 1.48. The number of anilines is 1. The largest absolute Gasteiger partial charge is 0.484 e. The van der Waals surface area contributed by atoms with E-state index in [2.05, 4.69) is 15.6 Å². The van der Waals surface area contributed by atoms with Crippen molar-refractivity contribution < 1.29 is 22.7 Å². The Bertz CT molecular complexity index is 1290. The SMILES string of the molecule is Cc1ccc(OCC(=O)NNC(=O)c2ccc(NS(=O)(=O)/C=C/c3ccccc3)cc2)cc1C. The fourth-order valence-corrected chi connectivity index (χ4v) is 3.68. The smallest absolute Gasteiger partial charge is 0.276 e. The van der Waals surface area contributed by atoms with E-state index in [0.717, 1.165) is 22.1 Å². The molecule has 34 heavy (non-hydrogen) atoms. The first-order valence-corrected chi connectivity index (χ1v) is 11.9. The van der Waals surface area contributed by atoms with Crippen molar-refractivity contribution in [1.29, 1.82) is 0 Å². The van der Waals surface area contributed by atoms with E-state index >= 15 is 0 Å². The van der Waals surface area contributed by atoms with Gasteiger partial charge in [-0.15, -0.1) is 0 Å². The van der Waals surface area contributed by atoms with Crippen LogP contribution in [0.15, 0.2) is 78.2 Å². The number of ether oxygens (including phenoxy) is 1. The number of hydrogen-bond acceptors (Lipinski definition) is 5. The van der Waals surface area contributed by atoms with Crippen LogP contribution in [-0.2, 0) is 14.8 Å². The monoisotopic (exact) mass is 479 g/mol. The molecule has 176 valence electrons. The zero-order chi connectivity index (χ0) is 24.6. The van der Waals surface area contributed by atoms with Crippen LogP contribution in [0.2, 0.25) is 0 Å². The number of nitrogens with one attached hydrogen (secondary N) is 3. The lowest BCUT2D eigenvalue weighted by atomic mass is 10.1. The van der Waals surface area contributed by atoms with Gasteiger partial charge in [-0.05, 0) is 73.0 Å². The van der Waals surface area contributed by atoms with Gasteiger partial charge in [-0.3, -0.25) is 25.2 Å². The summed E-state index contributed by atoms with van der Waals surface area (Å²) in [6.45, 7) is 3.66. The molecule has 0 heterocycles. The van der Waals surface area contributed by atoms with Crippen LogP contribution in [0.3, 0.4) is 0 Å². The van der Waals surface area contributed by atoms with Gasteiger partial charge in [0.2, 0.25) is 0 Å². The minimum absolute atomic E-state index is 0.234. The second-order valence-corrected chi connectivity index (χ2v) is 9.04. The third kappa shape index (κ3) is 7.49. The maximum absolute atomic E-state index is 12.2. The summed E-state index contributed by atoms with van der Waals surface area (Å²) in [5.74, 6) is -0.527. The molecule has 0 aliphatic heterocycles. The molecule has 0 spiro atoms. The van der Waals surface area contributed by atoms with E-state index in [1.165, 1.54) is 30.3 Å². The van der Waals surface area contributed by atoms with Crippen molar-refractivity contribution in [2.75, 3.05) is 11.3 Å². The summed E-state index contributed by atoms with van der Waals surface area (Å²) in [7, 11) is -3.72. The predicted octanol–water partition coefficient (Wildman–Crippen LogP) is 3.56. The second-order valence-electron chi connectivity index (χ2n) is 7.47. The van der Waals surface area contributed by atoms with Crippen molar-refractivity contribution in [3.05, 3.63) is 100 Å². The van der Waals surface area contributed by atoms with E-state index in [0.29, 0.717) is 11.4 Å². The molecule has 0 radical (unpaired) electrons. The Balaban J connectivity index is 1.48. The molecular formula is C25H25N3O5S. The minimum Gasteiger partial charge on any atom is -0.484 e. The Morgan fingerprint density at radius 3 is 2.26 bits per heavy atom. The van der Waals surface area contributed by atoms with Crippen molar-refractivity contribution >= 4 is 33.6 Å². The van der Waals surface area contributed by atoms with Gasteiger partial charge in [0.1, 0.15) is 5.75 Å². The number of carbonyl (C=O) groups is 2. The van der Waals surface area contributed by atoms with Gasteiger partial charge in [-0.25, -0.2) is 8.42 Å². The van der Waals surface area contributed by atoms with Crippen molar-refractivity contribution in [3.8, 4) is 5.75 Å². The average molecular weight is 480 g/mol. The van der Waals surface area contributed by atoms with Gasteiger partial charge in [0.25, 0.3) is 21.8 Å². The summed E-state index contributed by atoms with van der Waals surface area (Å²) in [4.78, 5) is 24.2. The highest BCUT2D eigenvalue weighted by atomic mass is 32.2. The van der Waals surface area contributed by atoms with Crippen molar-refractivity contribution in [2.45, 2.75) is 13.8 Å². The lowest BCUT2D eigenvalue weighted by molar-refractivity contribution is -0.123. The van der Waals surface area contributed by atoms with Gasteiger partial charge in [0, 0.05) is 11.3 Å². The lowest BCUT2D eigenvalue weighted by Gasteiger charge is -2.10.